The van der Waals surface area contributed by atoms with Crippen LogP contribution in [0, 0.1) is 0 Å². The topological polar surface area (TPSA) is 35.6 Å². The van der Waals surface area contributed by atoms with Crippen LogP contribution in [0.5, 0.6) is 0 Å². The van der Waals surface area contributed by atoms with E-state index >= 15 is 0 Å². The number of nitrogens with one attached hydrogen (secondary N) is 1. The molecule has 1 N–H and O–H groups in total. The molecule has 1 aliphatic rings. The summed E-state index contributed by atoms with van der Waals surface area (Å²) >= 11 is 0. The molecular formula is C28H41N3O. The average Bonchev–Trinajstić information content (AvgIpc) is 2.75. The second kappa shape index (κ2) is 11.1. The lowest BCUT2D eigenvalue weighted by Crippen LogP contribution is -2.49. The maximum Gasteiger partial charge on any atom is 0.234 e. The minimum Gasteiger partial charge on any atom is -0.348 e. The van der Waals surface area contributed by atoms with Gasteiger partial charge in [-0.3, -0.25) is 14.6 Å². The van der Waals surface area contributed by atoms with E-state index in [4.69, 9.17) is 0 Å². The van der Waals surface area contributed by atoms with Crippen molar-refractivity contribution in [3.05, 3.63) is 70.8 Å². The lowest BCUT2D eigenvalue weighted by atomic mass is 9.87. The third kappa shape index (κ3) is 7.18. The lowest BCUT2D eigenvalue weighted by molar-refractivity contribution is -0.123. The zero-order valence-electron chi connectivity index (χ0n) is 20.7. The Balaban J connectivity index is 1.40. The standard InChI is InChI=1S/C28H41N3O/c1-6-7-23-8-12-25(13-9-23)22(2)29-27(32)21-31-18-16-30(17-19-31)20-24-10-14-26(15-11-24)28(3,4)5/h8-15,22H,6-7,16-21H2,1-5H3,(H,29,32)/t22-/m0/s1. The van der Waals surface area contributed by atoms with Gasteiger partial charge in [0.15, 0.2) is 0 Å². The van der Waals surface area contributed by atoms with E-state index in [1.54, 1.807) is 0 Å². The van der Waals surface area contributed by atoms with E-state index in [-0.39, 0.29) is 17.4 Å². The van der Waals surface area contributed by atoms with Crippen molar-refractivity contribution in [2.75, 3.05) is 32.7 Å². The molecule has 0 aliphatic carbocycles. The van der Waals surface area contributed by atoms with E-state index in [1.165, 1.54) is 22.3 Å². The zero-order chi connectivity index (χ0) is 23.1. The van der Waals surface area contributed by atoms with Gasteiger partial charge in [0, 0.05) is 32.7 Å². The van der Waals surface area contributed by atoms with Gasteiger partial charge < -0.3 is 5.32 Å². The Morgan fingerprint density at radius 2 is 1.47 bits per heavy atom. The first-order valence-electron chi connectivity index (χ1n) is 12.2. The van der Waals surface area contributed by atoms with E-state index in [2.05, 4.69) is 98.3 Å². The second-order valence-electron chi connectivity index (χ2n) is 10.3. The predicted molar refractivity (Wildman–Crippen MR) is 134 cm³/mol. The largest absolute Gasteiger partial charge is 0.348 e. The molecular weight excluding hydrogens is 394 g/mol. The van der Waals surface area contributed by atoms with Gasteiger partial charge in [-0.15, -0.1) is 0 Å². The number of carbonyl (C=O) groups is 1. The molecule has 174 valence electrons. The molecule has 1 fully saturated rings. The molecule has 1 aliphatic heterocycles. The Hall–Kier alpha value is -2.17. The summed E-state index contributed by atoms with van der Waals surface area (Å²) < 4.78 is 0. The SMILES string of the molecule is CCCc1ccc([C@H](C)NC(=O)CN2CCN(Cc3ccc(C(C)(C)C)cc3)CC2)cc1. The molecule has 1 atom stereocenters. The third-order valence-electron chi connectivity index (χ3n) is 6.45. The molecule has 32 heavy (non-hydrogen) atoms. The van der Waals surface area contributed by atoms with E-state index < -0.39 is 0 Å². The van der Waals surface area contributed by atoms with Crippen LogP contribution in [0.25, 0.3) is 0 Å². The van der Waals surface area contributed by atoms with Crippen molar-refractivity contribution in [3.8, 4) is 0 Å². The summed E-state index contributed by atoms with van der Waals surface area (Å²) in [6.07, 6.45) is 2.26. The monoisotopic (exact) mass is 435 g/mol. The number of carbonyl (C=O) groups excluding carboxylic acids is 1. The van der Waals surface area contributed by atoms with Gasteiger partial charge in [-0.25, -0.2) is 0 Å². The highest BCUT2D eigenvalue weighted by Crippen LogP contribution is 2.22. The molecule has 4 heteroatoms. The first-order valence-corrected chi connectivity index (χ1v) is 12.2. The van der Waals surface area contributed by atoms with Crippen LogP contribution < -0.4 is 5.32 Å². The first kappa shape index (κ1) is 24.5. The van der Waals surface area contributed by atoms with Gasteiger partial charge in [-0.1, -0.05) is 82.6 Å². The summed E-state index contributed by atoms with van der Waals surface area (Å²) in [5.74, 6) is 0.112. The summed E-state index contributed by atoms with van der Waals surface area (Å²) in [4.78, 5) is 17.3. The van der Waals surface area contributed by atoms with Crippen molar-refractivity contribution >= 4 is 5.91 Å². The van der Waals surface area contributed by atoms with Crippen molar-refractivity contribution in [3.63, 3.8) is 0 Å². The summed E-state index contributed by atoms with van der Waals surface area (Å²) in [5.41, 5.74) is 5.46. The maximum atomic E-state index is 12.6. The number of rotatable bonds is 8. The molecule has 4 nitrogen and oxygen atoms in total. The molecule has 1 heterocycles. The molecule has 2 aromatic rings. The van der Waals surface area contributed by atoms with Crippen LogP contribution >= 0.6 is 0 Å². The quantitative estimate of drug-likeness (QED) is 0.638. The fourth-order valence-electron chi connectivity index (χ4n) is 4.31. The van der Waals surface area contributed by atoms with Crippen molar-refractivity contribution in [1.82, 2.24) is 15.1 Å². The molecule has 1 saturated heterocycles. The van der Waals surface area contributed by atoms with Crippen LogP contribution in [-0.4, -0.2) is 48.4 Å². The zero-order valence-corrected chi connectivity index (χ0v) is 20.7. The van der Waals surface area contributed by atoms with E-state index in [9.17, 15) is 4.79 Å². The molecule has 0 aromatic heterocycles. The summed E-state index contributed by atoms with van der Waals surface area (Å²) in [5, 5.41) is 3.17. The maximum absolute atomic E-state index is 12.6. The van der Waals surface area contributed by atoms with Crippen molar-refractivity contribution in [1.29, 1.82) is 0 Å². The minimum atomic E-state index is 0.0375. The number of nitrogens with zero attached hydrogens (tertiary/aromatic N) is 2. The normalized spacial score (nSPS) is 16.7. The molecule has 1 amide bonds. The molecule has 0 spiro atoms. The molecule has 3 rings (SSSR count). The Morgan fingerprint density at radius 3 is 2.03 bits per heavy atom. The highest BCUT2D eigenvalue weighted by molar-refractivity contribution is 5.78. The number of piperazine rings is 1. The van der Waals surface area contributed by atoms with Gasteiger partial charge in [0.1, 0.15) is 0 Å². The van der Waals surface area contributed by atoms with Gasteiger partial charge in [0.05, 0.1) is 12.6 Å². The van der Waals surface area contributed by atoms with Crippen molar-refractivity contribution in [2.45, 2.75) is 65.5 Å². The number of aryl methyl sites for hydroxylation is 1. The van der Waals surface area contributed by atoms with E-state index in [0.29, 0.717) is 6.54 Å². The summed E-state index contributed by atoms with van der Waals surface area (Å²) in [6, 6.07) is 17.7. The van der Waals surface area contributed by atoms with Gasteiger partial charge in [0.2, 0.25) is 5.91 Å². The minimum absolute atomic E-state index is 0.0375. The van der Waals surface area contributed by atoms with Gasteiger partial charge >= 0.3 is 0 Å². The van der Waals surface area contributed by atoms with Crippen LogP contribution in [0.3, 0.4) is 0 Å². The number of benzene rings is 2. The Labute approximate surface area is 195 Å². The lowest BCUT2D eigenvalue weighted by Gasteiger charge is -2.34. The smallest absolute Gasteiger partial charge is 0.234 e. The van der Waals surface area contributed by atoms with E-state index in [0.717, 1.165) is 45.6 Å². The predicted octanol–water partition coefficient (Wildman–Crippen LogP) is 4.93. The highest BCUT2D eigenvalue weighted by atomic mass is 16.2. The molecule has 0 saturated carbocycles. The average molecular weight is 436 g/mol. The fourth-order valence-corrected chi connectivity index (χ4v) is 4.31. The molecule has 0 bridgehead atoms. The van der Waals surface area contributed by atoms with Gasteiger partial charge in [0.25, 0.3) is 0 Å². The summed E-state index contributed by atoms with van der Waals surface area (Å²) in [6.45, 7) is 16.4. The van der Waals surface area contributed by atoms with Crippen molar-refractivity contribution < 1.29 is 4.79 Å². The number of hydrogen-bond acceptors (Lipinski definition) is 3. The van der Waals surface area contributed by atoms with Crippen LogP contribution in [0.15, 0.2) is 48.5 Å². The first-order chi connectivity index (χ1) is 15.2. The van der Waals surface area contributed by atoms with Gasteiger partial charge in [-0.2, -0.15) is 0 Å². The molecule has 2 aromatic carbocycles. The van der Waals surface area contributed by atoms with Crippen molar-refractivity contribution in [2.24, 2.45) is 0 Å². The van der Waals surface area contributed by atoms with Crippen LogP contribution in [0.2, 0.25) is 0 Å². The number of hydrogen-bond donors (Lipinski definition) is 1. The third-order valence-corrected chi connectivity index (χ3v) is 6.45. The highest BCUT2D eigenvalue weighted by Gasteiger charge is 2.20. The Bertz CT molecular complexity index is 844. The second-order valence-corrected chi connectivity index (χ2v) is 10.3. The van der Waals surface area contributed by atoms with Crippen LogP contribution in [0.1, 0.15) is 69.3 Å². The fraction of sp³-hybridized carbons (Fsp3) is 0.536. The summed E-state index contributed by atoms with van der Waals surface area (Å²) in [7, 11) is 0. The molecule has 0 radical (unpaired) electrons. The van der Waals surface area contributed by atoms with Crippen LogP contribution in [0.4, 0.5) is 0 Å². The van der Waals surface area contributed by atoms with Gasteiger partial charge in [-0.05, 0) is 41.0 Å². The van der Waals surface area contributed by atoms with E-state index in [1.807, 2.05) is 0 Å². The Kier molecular flexibility index (Phi) is 8.50. The van der Waals surface area contributed by atoms with Crippen LogP contribution in [-0.2, 0) is 23.2 Å². The Morgan fingerprint density at radius 1 is 0.906 bits per heavy atom. The number of amides is 1. The molecule has 0 unspecified atom stereocenters.